The zero-order valence-electron chi connectivity index (χ0n) is 29.9. The molecule has 0 radical (unpaired) electrons. The van der Waals surface area contributed by atoms with Crippen LogP contribution in [0, 0.1) is 0 Å². The van der Waals surface area contributed by atoms with E-state index in [0.29, 0.717) is 0 Å². The zero-order valence-corrected chi connectivity index (χ0v) is 30.7. The molecule has 0 aliphatic heterocycles. The number of fused-ring (bicyclic) bond motifs is 8. The highest BCUT2D eigenvalue weighted by Crippen LogP contribution is 2.44. The minimum absolute atomic E-state index is 1.10. The second-order valence-corrected chi connectivity index (χ2v) is 15.2. The molecule has 3 heteroatoms. The van der Waals surface area contributed by atoms with E-state index < -0.39 is 0 Å². The van der Waals surface area contributed by atoms with Crippen LogP contribution in [0.3, 0.4) is 0 Å². The number of para-hydroxylation sites is 3. The summed E-state index contributed by atoms with van der Waals surface area (Å²) in [6.45, 7) is 0. The van der Waals surface area contributed by atoms with Crippen LogP contribution in [-0.4, -0.2) is 4.57 Å². The van der Waals surface area contributed by atoms with Crippen molar-refractivity contribution in [1.29, 1.82) is 0 Å². The van der Waals surface area contributed by atoms with Crippen LogP contribution in [-0.2, 0) is 0 Å². The highest BCUT2D eigenvalue weighted by atomic mass is 32.1. The molecule has 0 saturated heterocycles. The van der Waals surface area contributed by atoms with Crippen molar-refractivity contribution in [3.05, 3.63) is 206 Å². The third-order valence-corrected chi connectivity index (χ3v) is 12.1. The van der Waals surface area contributed by atoms with E-state index in [-0.39, 0.29) is 0 Å². The van der Waals surface area contributed by atoms with Crippen molar-refractivity contribution in [2.75, 3.05) is 4.90 Å². The molecule has 0 saturated carbocycles. The molecule has 0 aliphatic carbocycles. The number of rotatable bonds is 6. The molecule has 0 atom stereocenters. The van der Waals surface area contributed by atoms with Crippen molar-refractivity contribution in [2.24, 2.45) is 0 Å². The molecule has 55 heavy (non-hydrogen) atoms. The summed E-state index contributed by atoms with van der Waals surface area (Å²) < 4.78 is 5.03. The number of anilines is 3. The maximum Gasteiger partial charge on any atom is 0.0542 e. The number of nitrogens with zero attached hydrogens (tertiary/aromatic N) is 2. The van der Waals surface area contributed by atoms with Crippen molar-refractivity contribution < 1.29 is 0 Å². The number of hydrogen-bond donors (Lipinski definition) is 0. The Balaban J connectivity index is 1.08. The molecule has 0 aliphatic rings. The Morgan fingerprint density at radius 1 is 0.382 bits per heavy atom. The number of aromatic nitrogens is 1. The monoisotopic (exact) mass is 718 g/mol. The van der Waals surface area contributed by atoms with Gasteiger partial charge in [0.25, 0.3) is 0 Å². The van der Waals surface area contributed by atoms with Crippen molar-refractivity contribution in [1.82, 2.24) is 4.57 Å². The smallest absolute Gasteiger partial charge is 0.0542 e. The second kappa shape index (κ2) is 12.9. The Labute approximate surface area is 323 Å². The fourth-order valence-corrected chi connectivity index (χ4v) is 9.54. The Morgan fingerprint density at radius 3 is 1.89 bits per heavy atom. The van der Waals surface area contributed by atoms with Gasteiger partial charge in [-0.25, -0.2) is 0 Å². The van der Waals surface area contributed by atoms with Gasteiger partial charge in [-0.15, -0.1) is 11.3 Å². The summed E-state index contributed by atoms with van der Waals surface area (Å²) >= 11 is 1.87. The first-order valence-electron chi connectivity index (χ1n) is 18.8. The lowest BCUT2D eigenvalue weighted by Crippen LogP contribution is -2.11. The third kappa shape index (κ3) is 5.24. The third-order valence-electron chi connectivity index (χ3n) is 11.0. The lowest BCUT2D eigenvalue weighted by molar-refractivity contribution is 1.18. The van der Waals surface area contributed by atoms with Gasteiger partial charge < -0.3 is 9.47 Å². The van der Waals surface area contributed by atoms with E-state index in [2.05, 4.69) is 216 Å². The summed E-state index contributed by atoms with van der Waals surface area (Å²) in [4.78, 5) is 2.42. The van der Waals surface area contributed by atoms with E-state index in [1.807, 2.05) is 11.3 Å². The van der Waals surface area contributed by atoms with Crippen molar-refractivity contribution in [3.8, 4) is 27.9 Å². The maximum atomic E-state index is 2.42. The Bertz CT molecular complexity index is 3190. The van der Waals surface area contributed by atoms with Gasteiger partial charge in [0.1, 0.15) is 0 Å². The summed E-state index contributed by atoms with van der Waals surface area (Å²) in [6.07, 6.45) is 0. The molecular weight excluding hydrogens is 685 g/mol. The molecule has 9 aromatic carbocycles. The van der Waals surface area contributed by atoms with Crippen LogP contribution in [0.5, 0.6) is 0 Å². The van der Waals surface area contributed by atoms with Gasteiger partial charge in [-0.3, -0.25) is 0 Å². The van der Waals surface area contributed by atoms with Crippen LogP contribution in [0.15, 0.2) is 206 Å². The summed E-state index contributed by atoms with van der Waals surface area (Å²) in [6, 6.07) is 75.1. The first-order chi connectivity index (χ1) is 27.3. The summed E-state index contributed by atoms with van der Waals surface area (Å²) in [7, 11) is 0. The van der Waals surface area contributed by atoms with Gasteiger partial charge in [0.05, 0.1) is 16.7 Å². The first-order valence-corrected chi connectivity index (χ1v) is 19.6. The van der Waals surface area contributed by atoms with Crippen molar-refractivity contribution in [2.45, 2.75) is 0 Å². The highest BCUT2D eigenvalue weighted by molar-refractivity contribution is 7.26. The van der Waals surface area contributed by atoms with Crippen molar-refractivity contribution in [3.63, 3.8) is 0 Å². The molecule has 11 rings (SSSR count). The van der Waals surface area contributed by atoms with Crippen LogP contribution in [0.1, 0.15) is 0 Å². The molecular formula is C52H34N2S. The van der Waals surface area contributed by atoms with E-state index in [1.165, 1.54) is 75.0 Å². The molecule has 0 fully saturated rings. The molecule has 0 amide bonds. The largest absolute Gasteiger partial charge is 0.310 e. The van der Waals surface area contributed by atoms with Gasteiger partial charge in [-0.2, -0.15) is 0 Å². The van der Waals surface area contributed by atoms with Gasteiger partial charge in [0.15, 0.2) is 0 Å². The van der Waals surface area contributed by atoms with Gasteiger partial charge in [0, 0.05) is 53.6 Å². The fraction of sp³-hybridized carbons (Fsp3) is 0. The molecule has 2 aromatic heterocycles. The van der Waals surface area contributed by atoms with Crippen molar-refractivity contribution >= 4 is 81.1 Å². The quantitative estimate of drug-likeness (QED) is 0.166. The lowest BCUT2D eigenvalue weighted by Gasteiger charge is -2.28. The molecule has 0 bridgehead atoms. The molecule has 258 valence electrons. The van der Waals surface area contributed by atoms with Gasteiger partial charge >= 0.3 is 0 Å². The minimum atomic E-state index is 1.10. The fourth-order valence-electron chi connectivity index (χ4n) is 8.44. The molecule has 2 nitrogen and oxygen atoms in total. The SMILES string of the molecule is c1ccc(-c2ccccc2N(c2ccc(-c3ccc4sc5ccc6ccccc6c5c4c3)cc2)c2ccc3c(c2)c2ccccc2n3-c2ccccc2)cc1. The summed E-state index contributed by atoms with van der Waals surface area (Å²) in [5.41, 5.74) is 11.7. The number of hydrogen-bond acceptors (Lipinski definition) is 2. The average molecular weight is 719 g/mol. The highest BCUT2D eigenvalue weighted by Gasteiger charge is 2.20. The lowest BCUT2D eigenvalue weighted by atomic mass is 9.99. The first kappa shape index (κ1) is 31.6. The molecule has 0 N–H and O–H groups in total. The van der Waals surface area contributed by atoms with E-state index in [0.717, 1.165) is 22.7 Å². The molecule has 0 spiro atoms. The van der Waals surface area contributed by atoms with Gasteiger partial charge in [-0.1, -0.05) is 133 Å². The van der Waals surface area contributed by atoms with E-state index >= 15 is 0 Å². The molecule has 11 aromatic rings. The van der Waals surface area contributed by atoms with Gasteiger partial charge in [-0.05, 0) is 100 Å². The van der Waals surface area contributed by atoms with Crippen LogP contribution in [0.2, 0.25) is 0 Å². The van der Waals surface area contributed by atoms with Crippen LogP contribution < -0.4 is 4.90 Å². The van der Waals surface area contributed by atoms with Gasteiger partial charge in [0.2, 0.25) is 0 Å². The topological polar surface area (TPSA) is 8.17 Å². The predicted molar refractivity (Wildman–Crippen MR) is 237 cm³/mol. The van der Waals surface area contributed by atoms with E-state index in [1.54, 1.807) is 0 Å². The molecule has 0 unspecified atom stereocenters. The Kier molecular flexibility index (Phi) is 7.39. The Morgan fingerprint density at radius 2 is 1.04 bits per heavy atom. The number of thiophene rings is 1. The maximum absolute atomic E-state index is 2.42. The summed E-state index contributed by atoms with van der Waals surface area (Å²) in [5.74, 6) is 0. The zero-order chi connectivity index (χ0) is 36.3. The number of benzene rings is 9. The standard InChI is InChI=1S/C52H34N2S/c1-3-13-36(14-4-1)42-18-9-11-21-47(42)53(41-29-30-49-45(34-41)44-20-10-12-22-48(44)54(49)39-16-5-2-6-17-39)40-27-23-35(24-28-40)38-26-31-50-46(33-38)52-43-19-8-7-15-37(43)25-32-51(52)55-50/h1-34H. The average Bonchev–Trinajstić information content (AvgIpc) is 3.80. The van der Waals surface area contributed by atoms with E-state index in [9.17, 15) is 0 Å². The predicted octanol–water partition coefficient (Wildman–Crippen LogP) is 15.1. The summed E-state index contributed by atoms with van der Waals surface area (Å²) in [5, 5.41) is 7.72. The van der Waals surface area contributed by atoms with E-state index in [4.69, 9.17) is 0 Å². The van der Waals surface area contributed by atoms with Crippen LogP contribution in [0.25, 0.3) is 80.7 Å². The normalized spacial score (nSPS) is 11.6. The molecule has 2 heterocycles. The van der Waals surface area contributed by atoms with Crippen LogP contribution >= 0.6 is 11.3 Å². The second-order valence-electron chi connectivity index (χ2n) is 14.1. The Hall–Kier alpha value is -6.94. The van der Waals surface area contributed by atoms with Crippen LogP contribution in [0.4, 0.5) is 17.1 Å². The minimum Gasteiger partial charge on any atom is -0.310 e.